The first kappa shape index (κ1) is 11.4. The smallest absolute Gasteiger partial charge is 0.0204 e. The van der Waals surface area contributed by atoms with Crippen LogP contribution in [0, 0.1) is 0 Å². The minimum Gasteiger partial charge on any atom is -0.0955 e. The molecular formula is C11H15Br. The third-order valence-electron chi connectivity index (χ3n) is 1.49. The summed E-state index contributed by atoms with van der Waals surface area (Å²) in [7, 11) is 0. The molecule has 0 bridgehead atoms. The zero-order valence-electron chi connectivity index (χ0n) is 7.95. The van der Waals surface area contributed by atoms with Crippen LogP contribution in [0.1, 0.15) is 20.8 Å². The maximum absolute atomic E-state index is 3.88. The Bertz CT molecular complexity index is 254. The van der Waals surface area contributed by atoms with Crippen LogP contribution < -0.4 is 0 Å². The van der Waals surface area contributed by atoms with Gasteiger partial charge in [-0.3, -0.25) is 0 Å². The van der Waals surface area contributed by atoms with Gasteiger partial charge in [-0.2, -0.15) is 0 Å². The van der Waals surface area contributed by atoms with Crippen LogP contribution in [-0.4, -0.2) is 0 Å². The molecule has 0 aliphatic heterocycles. The largest absolute Gasteiger partial charge is 0.0955 e. The van der Waals surface area contributed by atoms with Crippen LogP contribution in [0.15, 0.2) is 46.5 Å². The minimum absolute atomic E-state index is 1.02. The second kappa shape index (κ2) is 5.15. The first-order chi connectivity index (χ1) is 5.49. The van der Waals surface area contributed by atoms with E-state index in [9.17, 15) is 0 Å². The highest BCUT2D eigenvalue weighted by Crippen LogP contribution is 2.19. The van der Waals surface area contributed by atoms with Crippen molar-refractivity contribution in [2.75, 3.05) is 0 Å². The van der Waals surface area contributed by atoms with Gasteiger partial charge in [0.15, 0.2) is 0 Å². The number of halogens is 1. The van der Waals surface area contributed by atoms with Crippen LogP contribution in [0.5, 0.6) is 0 Å². The maximum Gasteiger partial charge on any atom is 0.0204 e. The van der Waals surface area contributed by atoms with Gasteiger partial charge in [0.1, 0.15) is 0 Å². The Hall–Kier alpha value is -0.560. The lowest BCUT2D eigenvalue weighted by molar-refractivity contribution is 1.41. The predicted molar refractivity (Wildman–Crippen MR) is 60.4 cm³/mol. The molecule has 0 saturated carbocycles. The molecule has 0 amide bonds. The van der Waals surface area contributed by atoms with Gasteiger partial charge in [-0.05, 0) is 38.0 Å². The van der Waals surface area contributed by atoms with Crippen LogP contribution >= 0.6 is 15.9 Å². The zero-order chi connectivity index (χ0) is 9.72. The van der Waals surface area contributed by atoms with Crippen LogP contribution in [0.2, 0.25) is 0 Å². The van der Waals surface area contributed by atoms with Crippen molar-refractivity contribution in [3.63, 3.8) is 0 Å². The van der Waals surface area contributed by atoms with Gasteiger partial charge in [0.2, 0.25) is 0 Å². The highest BCUT2D eigenvalue weighted by Gasteiger charge is 1.95. The third kappa shape index (κ3) is 3.72. The predicted octanol–water partition coefficient (Wildman–Crippen LogP) is 4.36. The summed E-state index contributed by atoms with van der Waals surface area (Å²) >= 11 is 3.43. The fourth-order valence-electron chi connectivity index (χ4n) is 0.713. The molecule has 0 rings (SSSR count). The van der Waals surface area contributed by atoms with Gasteiger partial charge < -0.3 is 0 Å². The van der Waals surface area contributed by atoms with E-state index in [0.717, 1.165) is 21.2 Å². The van der Waals surface area contributed by atoms with Crippen molar-refractivity contribution in [2.45, 2.75) is 20.8 Å². The molecular weight excluding hydrogens is 212 g/mol. The molecule has 0 aliphatic carbocycles. The van der Waals surface area contributed by atoms with Crippen molar-refractivity contribution in [3.05, 3.63) is 46.5 Å². The quantitative estimate of drug-likeness (QED) is 0.628. The number of hydrogen-bond acceptors (Lipinski definition) is 0. The number of hydrogen-bond donors (Lipinski definition) is 0. The second-order valence-electron chi connectivity index (χ2n) is 2.80. The average molecular weight is 227 g/mol. The Balaban J connectivity index is 4.72. The second-order valence-corrected chi connectivity index (χ2v) is 3.65. The highest BCUT2D eigenvalue weighted by atomic mass is 79.9. The lowest BCUT2D eigenvalue weighted by Crippen LogP contribution is -1.80. The fraction of sp³-hybridized carbons (Fsp3) is 0.273. The van der Waals surface area contributed by atoms with Gasteiger partial charge in [-0.25, -0.2) is 0 Å². The Morgan fingerprint density at radius 1 is 1.17 bits per heavy atom. The van der Waals surface area contributed by atoms with Gasteiger partial charge in [0.05, 0.1) is 0 Å². The number of rotatable bonds is 3. The molecule has 0 saturated heterocycles. The van der Waals surface area contributed by atoms with Gasteiger partial charge in [-0.15, -0.1) is 0 Å². The molecule has 0 nitrogen and oxygen atoms in total. The monoisotopic (exact) mass is 226 g/mol. The minimum atomic E-state index is 1.02. The van der Waals surface area contributed by atoms with Crippen LogP contribution in [0.3, 0.4) is 0 Å². The summed E-state index contributed by atoms with van der Waals surface area (Å²) in [5.74, 6) is 0. The highest BCUT2D eigenvalue weighted by molar-refractivity contribution is 9.12. The molecule has 0 fully saturated rings. The van der Waals surface area contributed by atoms with Crippen LogP contribution in [0.4, 0.5) is 0 Å². The standard InChI is InChI=1S/C11H15Br/c1-6-10(8(2)3)7-11(12)9(4)5/h6-7H,2,4H2,1,3,5H3/b10-6?,11-7+. The first-order valence-electron chi connectivity index (χ1n) is 3.84. The molecule has 0 aromatic heterocycles. The van der Waals surface area contributed by atoms with Crippen LogP contribution in [-0.2, 0) is 0 Å². The Morgan fingerprint density at radius 3 is 1.92 bits per heavy atom. The maximum atomic E-state index is 3.88. The molecule has 0 aromatic carbocycles. The molecule has 0 atom stereocenters. The van der Waals surface area contributed by atoms with E-state index in [0.29, 0.717) is 0 Å². The molecule has 0 radical (unpaired) electrons. The van der Waals surface area contributed by atoms with Crippen molar-refractivity contribution >= 4 is 15.9 Å². The Labute approximate surface area is 83.5 Å². The lowest BCUT2D eigenvalue weighted by atomic mass is 10.1. The van der Waals surface area contributed by atoms with Crippen molar-refractivity contribution in [1.82, 2.24) is 0 Å². The van der Waals surface area contributed by atoms with E-state index in [1.807, 2.05) is 32.9 Å². The molecule has 66 valence electrons. The van der Waals surface area contributed by atoms with Gasteiger partial charge in [0.25, 0.3) is 0 Å². The molecule has 0 aliphatic rings. The van der Waals surface area contributed by atoms with E-state index < -0.39 is 0 Å². The Morgan fingerprint density at radius 2 is 1.67 bits per heavy atom. The summed E-state index contributed by atoms with van der Waals surface area (Å²) in [5.41, 5.74) is 3.23. The SMILES string of the molecule is C=C(C)C(=CC)/C=C(/Br)C(=C)C. The average Bonchev–Trinajstić information content (AvgIpc) is 1.98. The van der Waals surface area contributed by atoms with E-state index in [1.54, 1.807) is 0 Å². The molecule has 12 heavy (non-hydrogen) atoms. The third-order valence-corrected chi connectivity index (χ3v) is 2.40. The van der Waals surface area contributed by atoms with Gasteiger partial charge in [-0.1, -0.05) is 40.7 Å². The molecule has 0 unspecified atom stereocenters. The topological polar surface area (TPSA) is 0 Å². The van der Waals surface area contributed by atoms with Crippen molar-refractivity contribution in [2.24, 2.45) is 0 Å². The Kier molecular flexibility index (Phi) is 4.91. The molecule has 0 spiro atoms. The summed E-state index contributed by atoms with van der Waals surface area (Å²) in [5, 5.41) is 0. The normalized spacial score (nSPS) is 13.0. The summed E-state index contributed by atoms with van der Waals surface area (Å²) in [6.07, 6.45) is 4.07. The molecule has 0 N–H and O–H groups in total. The van der Waals surface area contributed by atoms with E-state index in [4.69, 9.17) is 0 Å². The fourth-order valence-corrected chi connectivity index (χ4v) is 0.959. The molecule has 0 heterocycles. The van der Waals surface area contributed by atoms with Crippen molar-refractivity contribution in [1.29, 1.82) is 0 Å². The summed E-state index contributed by atoms with van der Waals surface area (Å²) in [6.45, 7) is 13.7. The van der Waals surface area contributed by atoms with Crippen molar-refractivity contribution in [3.8, 4) is 0 Å². The first-order valence-corrected chi connectivity index (χ1v) is 4.63. The molecule has 1 heteroatoms. The number of allylic oxidation sites excluding steroid dienone is 6. The van der Waals surface area contributed by atoms with Gasteiger partial charge in [0, 0.05) is 4.48 Å². The van der Waals surface area contributed by atoms with E-state index in [2.05, 4.69) is 29.1 Å². The lowest BCUT2D eigenvalue weighted by Gasteiger charge is -2.01. The summed E-state index contributed by atoms with van der Waals surface area (Å²) < 4.78 is 1.03. The molecule has 0 aromatic rings. The van der Waals surface area contributed by atoms with E-state index >= 15 is 0 Å². The van der Waals surface area contributed by atoms with E-state index in [-0.39, 0.29) is 0 Å². The zero-order valence-corrected chi connectivity index (χ0v) is 9.53. The summed E-state index contributed by atoms with van der Waals surface area (Å²) in [4.78, 5) is 0. The van der Waals surface area contributed by atoms with E-state index in [1.165, 1.54) is 0 Å². The summed E-state index contributed by atoms with van der Waals surface area (Å²) in [6, 6.07) is 0. The van der Waals surface area contributed by atoms with Gasteiger partial charge >= 0.3 is 0 Å². The van der Waals surface area contributed by atoms with Crippen LogP contribution in [0.25, 0.3) is 0 Å². The van der Waals surface area contributed by atoms with Crippen molar-refractivity contribution < 1.29 is 0 Å².